The Morgan fingerprint density at radius 2 is 2.30 bits per heavy atom. The quantitative estimate of drug-likeness (QED) is 0.881. The third-order valence-corrected chi connectivity index (χ3v) is 4.42. The van der Waals surface area contributed by atoms with E-state index < -0.39 is 6.10 Å². The Bertz CT molecular complexity index is 436. The fourth-order valence-corrected chi connectivity index (χ4v) is 3.34. The number of halogens is 1. The summed E-state index contributed by atoms with van der Waals surface area (Å²) in [5, 5.41) is 9.68. The number of aliphatic hydroxyl groups is 1. The fraction of sp³-hybridized carbons (Fsp3) is 0.625. The smallest absolute Gasteiger partial charge is 0.0772 e. The molecule has 0 saturated carbocycles. The number of ether oxygens (including phenoxy) is 1. The summed E-state index contributed by atoms with van der Waals surface area (Å²) in [6, 6.07) is 6.19. The average molecular weight is 342 g/mol. The maximum absolute atomic E-state index is 9.68. The Kier molecular flexibility index (Phi) is 5.87. The van der Waals surface area contributed by atoms with Crippen molar-refractivity contribution in [1.82, 2.24) is 0 Å². The van der Waals surface area contributed by atoms with E-state index in [0.717, 1.165) is 42.6 Å². The molecular formula is C16H24BrNO2. The van der Waals surface area contributed by atoms with Crippen molar-refractivity contribution in [3.63, 3.8) is 0 Å². The molecule has 1 aliphatic rings. The molecule has 1 aromatic carbocycles. The minimum absolute atomic E-state index is 0.346. The lowest BCUT2D eigenvalue weighted by molar-refractivity contribution is 0.0440. The van der Waals surface area contributed by atoms with Gasteiger partial charge >= 0.3 is 0 Å². The molecule has 1 N–H and O–H groups in total. The van der Waals surface area contributed by atoms with Gasteiger partial charge in [0.15, 0.2) is 0 Å². The van der Waals surface area contributed by atoms with Crippen LogP contribution in [0.25, 0.3) is 0 Å². The molecule has 0 aliphatic carbocycles. The molecule has 2 unspecified atom stereocenters. The molecular weight excluding hydrogens is 318 g/mol. The minimum atomic E-state index is -0.444. The van der Waals surface area contributed by atoms with Crippen molar-refractivity contribution in [2.45, 2.75) is 45.3 Å². The second-order valence-electron chi connectivity index (χ2n) is 5.46. The van der Waals surface area contributed by atoms with Gasteiger partial charge in [0, 0.05) is 29.9 Å². The number of nitrogens with zero attached hydrogens (tertiary/aromatic N) is 1. The third-order valence-electron chi connectivity index (χ3n) is 3.74. The van der Waals surface area contributed by atoms with Crippen molar-refractivity contribution in [2.75, 3.05) is 24.6 Å². The van der Waals surface area contributed by atoms with Crippen LogP contribution >= 0.6 is 15.9 Å². The number of anilines is 1. The highest BCUT2D eigenvalue weighted by Crippen LogP contribution is 2.30. The summed E-state index contributed by atoms with van der Waals surface area (Å²) in [5.41, 5.74) is 2.13. The Hall–Kier alpha value is -0.580. The second-order valence-corrected chi connectivity index (χ2v) is 6.32. The van der Waals surface area contributed by atoms with Crippen molar-refractivity contribution in [3.05, 3.63) is 28.2 Å². The Morgan fingerprint density at radius 3 is 2.95 bits per heavy atom. The molecule has 0 radical (unpaired) electrons. The van der Waals surface area contributed by atoms with Gasteiger partial charge in [0.25, 0.3) is 0 Å². The first-order chi connectivity index (χ1) is 9.61. The lowest BCUT2D eigenvalue weighted by Gasteiger charge is -2.34. The van der Waals surface area contributed by atoms with Crippen molar-refractivity contribution in [1.29, 1.82) is 0 Å². The highest BCUT2D eigenvalue weighted by Gasteiger charge is 2.21. The zero-order valence-corrected chi connectivity index (χ0v) is 13.9. The number of hydrogen-bond acceptors (Lipinski definition) is 3. The van der Waals surface area contributed by atoms with Crippen LogP contribution in [0.5, 0.6) is 0 Å². The van der Waals surface area contributed by atoms with Gasteiger partial charge in [0.1, 0.15) is 0 Å². The lowest BCUT2D eigenvalue weighted by atomic mass is 10.1. The van der Waals surface area contributed by atoms with E-state index in [0.29, 0.717) is 6.10 Å². The topological polar surface area (TPSA) is 32.7 Å². The number of piperidine rings is 1. The molecule has 1 fully saturated rings. The standard InChI is InChI=1S/C16H24BrNO2/c1-3-9-20-14-5-4-8-18(11-14)13-6-7-15(12(2)19)16(17)10-13/h6-7,10,12,14,19H,3-5,8-9,11H2,1-2H3. The molecule has 1 aliphatic heterocycles. The van der Waals surface area contributed by atoms with Crippen LogP contribution < -0.4 is 4.90 Å². The lowest BCUT2D eigenvalue weighted by Crippen LogP contribution is -2.39. The van der Waals surface area contributed by atoms with Crippen molar-refractivity contribution >= 4 is 21.6 Å². The molecule has 0 spiro atoms. The van der Waals surface area contributed by atoms with Crippen LogP contribution in [0.15, 0.2) is 22.7 Å². The molecule has 2 rings (SSSR count). The second kappa shape index (κ2) is 7.43. The molecule has 0 amide bonds. The number of hydrogen-bond donors (Lipinski definition) is 1. The number of benzene rings is 1. The molecule has 3 nitrogen and oxygen atoms in total. The van der Waals surface area contributed by atoms with Gasteiger partial charge in [0.05, 0.1) is 12.2 Å². The van der Waals surface area contributed by atoms with Crippen molar-refractivity contribution in [2.24, 2.45) is 0 Å². The zero-order chi connectivity index (χ0) is 14.5. The van der Waals surface area contributed by atoms with Crippen LogP contribution in [-0.4, -0.2) is 30.9 Å². The summed E-state index contributed by atoms with van der Waals surface area (Å²) in [7, 11) is 0. The Morgan fingerprint density at radius 1 is 1.50 bits per heavy atom. The third kappa shape index (κ3) is 3.96. The van der Waals surface area contributed by atoms with Crippen molar-refractivity contribution < 1.29 is 9.84 Å². The number of aliphatic hydroxyl groups excluding tert-OH is 1. The Labute approximate surface area is 130 Å². The van der Waals surface area contributed by atoms with Gasteiger partial charge in [-0.15, -0.1) is 0 Å². The van der Waals surface area contributed by atoms with E-state index in [2.05, 4.69) is 39.9 Å². The van der Waals surface area contributed by atoms with Gasteiger partial charge in [0.2, 0.25) is 0 Å². The first-order valence-electron chi connectivity index (χ1n) is 7.46. The predicted molar refractivity (Wildman–Crippen MR) is 86.3 cm³/mol. The van der Waals surface area contributed by atoms with E-state index in [1.807, 2.05) is 6.07 Å². The first-order valence-corrected chi connectivity index (χ1v) is 8.25. The van der Waals surface area contributed by atoms with Crippen LogP contribution in [0.3, 0.4) is 0 Å². The molecule has 112 valence electrons. The maximum Gasteiger partial charge on any atom is 0.0772 e. The first kappa shape index (κ1) is 15.8. The maximum atomic E-state index is 9.68. The normalized spacial score (nSPS) is 21.0. The minimum Gasteiger partial charge on any atom is -0.389 e. The van der Waals surface area contributed by atoms with Gasteiger partial charge in [-0.25, -0.2) is 0 Å². The summed E-state index contributed by atoms with van der Waals surface area (Å²) in [6.45, 7) is 6.82. The molecule has 1 aromatic rings. The van der Waals surface area contributed by atoms with Crippen LogP contribution in [0.1, 0.15) is 44.8 Å². The van der Waals surface area contributed by atoms with E-state index in [1.165, 1.54) is 12.1 Å². The van der Waals surface area contributed by atoms with E-state index in [9.17, 15) is 5.11 Å². The van der Waals surface area contributed by atoms with Crippen LogP contribution in [0, 0.1) is 0 Å². The summed E-state index contributed by atoms with van der Waals surface area (Å²) in [4.78, 5) is 2.38. The van der Waals surface area contributed by atoms with E-state index in [-0.39, 0.29) is 0 Å². The fourth-order valence-electron chi connectivity index (χ4n) is 2.64. The summed E-state index contributed by atoms with van der Waals surface area (Å²) >= 11 is 3.55. The summed E-state index contributed by atoms with van der Waals surface area (Å²) in [6.07, 6.45) is 3.30. The average Bonchev–Trinajstić information content (AvgIpc) is 2.45. The van der Waals surface area contributed by atoms with Crippen LogP contribution in [0.2, 0.25) is 0 Å². The largest absolute Gasteiger partial charge is 0.389 e. The van der Waals surface area contributed by atoms with Gasteiger partial charge in [-0.2, -0.15) is 0 Å². The van der Waals surface area contributed by atoms with Gasteiger partial charge < -0.3 is 14.7 Å². The van der Waals surface area contributed by atoms with Crippen molar-refractivity contribution in [3.8, 4) is 0 Å². The highest BCUT2D eigenvalue weighted by atomic mass is 79.9. The zero-order valence-electron chi connectivity index (χ0n) is 12.3. The predicted octanol–water partition coefficient (Wildman–Crippen LogP) is 3.90. The van der Waals surface area contributed by atoms with Crippen LogP contribution in [-0.2, 0) is 4.74 Å². The van der Waals surface area contributed by atoms with Crippen LogP contribution in [0.4, 0.5) is 5.69 Å². The van der Waals surface area contributed by atoms with E-state index >= 15 is 0 Å². The summed E-state index contributed by atoms with van der Waals surface area (Å²) in [5.74, 6) is 0. The number of rotatable bonds is 5. The van der Waals surface area contributed by atoms with E-state index in [1.54, 1.807) is 6.92 Å². The molecule has 4 heteroatoms. The molecule has 1 heterocycles. The Balaban J connectivity index is 2.05. The van der Waals surface area contributed by atoms with Gasteiger partial charge in [-0.05, 0) is 43.9 Å². The monoisotopic (exact) mass is 341 g/mol. The van der Waals surface area contributed by atoms with Gasteiger partial charge in [-0.1, -0.05) is 28.9 Å². The molecule has 1 saturated heterocycles. The molecule has 20 heavy (non-hydrogen) atoms. The molecule has 0 bridgehead atoms. The van der Waals surface area contributed by atoms with E-state index in [4.69, 9.17) is 4.74 Å². The SMILES string of the molecule is CCCOC1CCCN(c2ccc(C(C)O)c(Br)c2)C1. The molecule has 0 aromatic heterocycles. The molecule has 2 atom stereocenters. The highest BCUT2D eigenvalue weighted by molar-refractivity contribution is 9.10. The van der Waals surface area contributed by atoms with Gasteiger partial charge in [-0.3, -0.25) is 0 Å². The summed E-state index contributed by atoms with van der Waals surface area (Å²) < 4.78 is 6.86.